The Labute approximate surface area is 255 Å². The summed E-state index contributed by atoms with van der Waals surface area (Å²) in [5.74, 6) is -2.11. The van der Waals surface area contributed by atoms with Gasteiger partial charge in [0.05, 0.1) is 37.2 Å². The molecule has 224 valence electrons. The third kappa shape index (κ3) is 5.37. The summed E-state index contributed by atoms with van der Waals surface area (Å²) in [5.41, 5.74) is 0.795. The Bertz CT molecular complexity index is 1480. The van der Waals surface area contributed by atoms with Gasteiger partial charge in [0.25, 0.3) is 0 Å². The average Bonchev–Trinajstić information content (AvgIpc) is 3.66. The van der Waals surface area contributed by atoms with Crippen LogP contribution < -0.4 is 15.4 Å². The summed E-state index contributed by atoms with van der Waals surface area (Å²) >= 11 is 6.05. The topological polar surface area (TPSA) is 117 Å². The Morgan fingerprint density at radius 1 is 1.02 bits per heavy atom. The summed E-state index contributed by atoms with van der Waals surface area (Å²) in [6.45, 7) is 2.06. The van der Waals surface area contributed by atoms with E-state index >= 15 is 0 Å². The Kier molecular flexibility index (Phi) is 8.13. The van der Waals surface area contributed by atoms with Crippen LogP contribution in [0.25, 0.3) is 0 Å². The van der Waals surface area contributed by atoms with Crippen molar-refractivity contribution >= 4 is 40.7 Å². The Morgan fingerprint density at radius 3 is 2.33 bits per heavy atom. The second-order valence-corrected chi connectivity index (χ2v) is 11.7. The van der Waals surface area contributed by atoms with Gasteiger partial charge in [0.1, 0.15) is 17.4 Å². The maximum Gasteiger partial charge on any atom is 0.250 e. The molecule has 0 aromatic heterocycles. The fraction of sp³-hybridized carbons (Fsp3) is 0.364. The highest BCUT2D eigenvalue weighted by atomic mass is 35.5. The normalized spacial score (nSPS) is 26.2. The summed E-state index contributed by atoms with van der Waals surface area (Å²) < 4.78 is 12.0. The number of hydrogen-bond acceptors (Lipinski definition) is 6. The van der Waals surface area contributed by atoms with Gasteiger partial charge < -0.3 is 30.1 Å². The second kappa shape index (κ2) is 12.0. The van der Waals surface area contributed by atoms with Crippen molar-refractivity contribution in [3.63, 3.8) is 0 Å². The van der Waals surface area contributed by atoms with Gasteiger partial charge in [-0.3, -0.25) is 14.4 Å². The maximum atomic E-state index is 14.4. The molecule has 3 heterocycles. The number of carbonyl (C=O) groups is 3. The van der Waals surface area contributed by atoms with Gasteiger partial charge in [-0.1, -0.05) is 41.9 Å². The molecule has 3 aliphatic rings. The van der Waals surface area contributed by atoms with Crippen molar-refractivity contribution < 1.29 is 29.0 Å². The van der Waals surface area contributed by atoms with Gasteiger partial charge in [0, 0.05) is 16.4 Å². The molecular formula is C33H34ClN3O6. The molecular weight excluding hydrogens is 570 g/mol. The zero-order valence-electron chi connectivity index (χ0n) is 23.7. The minimum absolute atomic E-state index is 0.336. The molecule has 3 amide bonds. The molecule has 3 aliphatic heterocycles. The molecule has 0 aliphatic carbocycles. The minimum Gasteiger partial charge on any atom is -0.494 e. The van der Waals surface area contributed by atoms with E-state index in [4.69, 9.17) is 21.1 Å². The van der Waals surface area contributed by atoms with E-state index in [2.05, 4.69) is 10.6 Å². The number of amides is 3. The molecule has 3 fully saturated rings. The van der Waals surface area contributed by atoms with Crippen LogP contribution in [0.2, 0.25) is 5.02 Å². The number of nitrogens with zero attached hydrogens (tertiary/aromatic N) is 1. The summed E-state index contributed by atoms with van der Waals surface area (Å²) in [5, 5.41) is 17.0. The molecule has 6 atom stereocenters. The van der Waals surface area contributed by atoms with Crippen molar-refractivity contribution in [1.82, 2.24) is 4.90 Å². The van der Waals surface area contributed by atoms with Crippen molar-refractivity contribution in [2.45, 2.75) is 50.0 Å². The Morgan fingerprint density at radius 2 is 1.67 bits per heavy atom. The van der Waals surface area contributed by atoms with Crippen LogP contribution in [0.15, 0.2) is 78.9 Å². The van der Waals surface area contributed by atoms with E-state index in [1.54, 1.807) is 48.5 Å². The van der Waals surface area contributed by atoms with Gasteiger partial charge in [-0.05, 0) is 80.3 Å². The molecule has 10 heteroatoms. The first-order valence-electron chi connectivity index (χ1n) is 14.6. The third-order valence-electron chi connectivity index (χ3n) is 8.75. The SMILES string of the molecule is CCOc1ccc(NC(=O)[C@@H]2[C@H]3C(=O)N([C@@H](CO)Cc4ccccc4)C(C(=O)Nc4ccc(Cl)cc4)C34CC[C@H]2O4)cc1. The molecule has 43 heavy (non-hydrogen) atoms. The number of likely N-dealkylation sites (tertiary alicyclic amines) is 1. The van der Waals surface area contributed by atoms with Crippen LogP contribution in [0.1, 0.15) is 25.3 Å². The summed E-state index contributed by atoms with van der Waals surface area (Å²) in [6, 6.07) is 21.5. The highest BCUT2D eigenvalue weighted by Gasteiger charge is 2.75. The zero-order valence-corrected chi connectivity index (χ0v) is 24.5. The monoisotopic (exact) mass is 603 g/mol. The number of halogens is 1. The number of fused-ring (bicyclic) bond motifs is 1. The number of benzene rings is 3. The van der Waals surface area contributed by atoms with Crippen LogP contribution in [0, 0.1) is 11.8 Å². The highest BCUT2D eigenvalue weighted by molar-refractivity contribution is 6.30. The van der Waals surface area contributed by atoms with Crippen molar-refractivity contribution in [2.24, 2.45) is 11.8 Å². The number of carbonyl (C=O) groups excluding carboxylic acids is 3. The lowest BCUT2D eigenvalue weighted by Crippen LogP contribution is -2.56. The Balaban J connectivity index is 1.33. The first-order chi connectivity index (χ1) is 20.8. The zero-order chi connectivity index (χ0) is 30.1. The predicted octanol–water partition coefficient (Wildman–Crippen LogP) is 4.29. The van der Waals surface area contributed by atoms with Crippen LogP contribution in [0.4, 0.5) is 11.4 Å². The number of nitrogens with one attached hydrogen (secondary N) is 2. The van der Waals surface area contributed by atoms with E-state index in [1.807, 2.05) is 37.3 Å². The lowest BCUT2D eigenvalue weighted by Gasteiger charge is -2.36. The summed E-state index contributed by atoms with van der Waals surface area (Å²) in [6.07, 6.45) is 0.806. The highest BCUT2D eigenvalue weighted by Crippen LogP contribution is 2.59. The lowest BCUT2D eigenvalue weighted by atomic mass is 9.70. The first-order valence-corrected chi connectivity index (χ1v) is 15.0. The lowest BCUT2D eigenvalue weighted by molar-refractivity contribution is -0.143. The molecule has 2 unspecified atom stereocenters. The van der Waals surface area contributed by atoms with E-state index in [0.29, 0.717) is 48.0 Å². The number of ether oxygens (including phenoxy) is 2. The summed E-state index contributed by atoms with van der Waals surface area (Å²) in [4.78, 5) is 43.7. The molecule has 0 radical (unpaired) electrons. The summed E-state index contributed by atoms with van der Waals surface area (Å²) in [7, 11) is 0. The van der Waals surface area contributed by atoms with Crippen molar-refractivity contribution in [2.75, 3.05) is 23.8 Å². The first kappa shape index (κ1) is 29.2. The number of anilines is 2. The van der Waals surface area contributed by atoms with Crippen LogP contribution >= 0.6 is 11.6 Å². The molecule has 1 spiro atoms. The van der Waals surface area contributed by atoms with Crippen LogP contribution in [0.3, 0.4) is 0 Å². The van der Waals surface area contributed by atoms with Crippen molar-refractivity contribution in [3.05, 3.63) is 89.4 Å². The van der Waals surface area contributed by atoms with Crippen LogP contribution in [-0.2, 0) is 25.5 Å². The van der Waals surface area contributed by atoms with E-state index in [0.717, 1.165) is 5.56 Å². The van der Waals surface area contributed by atoms with E-state index in [-0.39, 0.29) is 18.4 Å². The van der Waals surface area contributed by atoms with Gasteiger partial charge in [-0.25, -0.2) is 0 Å². The number of hydrogen-bond donors (Lipinski definition) is 3. The molecule has 6 rings (SSSR count). The number of rotatable bonds is 10. The molecule has 0 saturated carbocycles. The van der Waals surface area contributed by atoms with Crippen LogP contribution in [-0.4, -0.2) is 64.7 Å². The number of aliphatic hydroxyl groups excluding tert-OH is 1. The smallest absolute Gasteiger partial charge is 0.250 e. The third-order valence-corrected chi connectivity index (χ3v) is 9.00. The average molecular weight is 604 g/mol. The quantitative estimate of drug-likeness (QED) is 0.318. The largest absolute Gasteiger partial charge is 0.494 e. The standard InChI is InChI=1S/C33H34ClN3O6/c1-2-42-25-14-12-23(13-15-25)35-30(39)27-26-16-17-33(43-26)28(27)32(41)37(24(19-38)18-20-6-4-3-5-7-20)29(33)31(40)36-22-10-8-21(34)9-11-22/h3-15,24,26-29,38H,2,16-19H2,1H3,(H,35,39)(H,36,40)/t24-,26-,27+,28+,29?,33?/m1/s1. The maximum absolute atomic E-state index is 14.4. The van der Waals surface area contributed by atoms with Gasteiger partial charge in [0.15, 0.2) is 0 Å². The second-order valence-electron chi connectivity index (χ2n) is 11.3. The minimum atomic E-state index is -1.21. The van der Waals surface area contributed by atoms with Crippen LogP contribution in [0.5, 0.6) is 5.75 Å². The Hall–Kier alpha value is -3.92. The molecule has 9 nitrogen and oxygen atoms in total. The van der Waals surface area contributed by atoms with E-state index < -0.39 is 41.5 Å². The van der Waals surface area contributed by atoms with Crippen molar-refractivity contribution in [1.29, 1.82) is 0 Å². The van der Waals surface area contributed by atoms with E-state index in [1.165, 1.54) is 4.90 Å². The molecule has 3 N–H and O–H groups in total. The van der Waals surface area contributed by atoms with Gasteiger partial charge in [-0.15, -0.1) is 0 Å². The molecule has 2 bridgehead atoms. The van der Waals surface area contributed by atoms with Gasteiger partial charge in [-0.2, -0.15) is 0 Å². The fourth-order valence-electron chi connectivity index (χ4n) is 6.99. The molecule has 3 aromatic carbocycles. The molecule has 3 aromatic rings. The molecule has 3 saturated heterocycles. The fourth-order valence-corrected chi connectivity index (χ4v) is 7.12. The number of aliphatic hydroxyl groups is 1. The van der Waals surface area contributed by atoms with Gasteiger partial charge >= 0.3 is 0 Å². The predicted molar refractivity (Wildman–Crippen MR) is 162 cm³/mol. The van der Waals surface area contributed by atoms with Crippen molar-refractivity contribution in [3.8, 4) is 5.75 Å². The van der Waals surface area contributed by atoms with Gasteiger partial charge in [0.2, 0.25) is 17.7 Å². The van der Waals surface area contributed by atoms with E-state index in [9.17, 15) is 19.5 Å².